The van der Waals surface area contributed by atoms with Crippen LogP contribution in [0.3, 0.4) is 0 Å². The Balaban J connectivity index is 1.74. The third-order valence-electron chi connectivity index (χ3n) is 3.38. The summed E-state index contributed by atoms with van der Waals surface area (Å²) in [5.74, 6) is 0. The molecule has 0 unspecified atom stereocenters. The Kier molecular flexibility index (Phi) is 5.68. The molecule has 0 spiro atoms. The van der Waals surface area contributed by atoms with Crippen molar-refractivity contribution in [2.24, 2.45) is 0 Å². The first-order chi connectivity index (χ1) is 9.69. The first kappa shape index (κ1) is 15.1. The third-order valence-corrected chi connectivity index (χ3v) is 3.63. The van der Waals surface area contributed by atoms with Crippen molar-refractivity contribution in [3.05, 3.63) is 41.8 Å². The van der Waals surface area contributed by atoms with Gasteiger partial charge in [0.25, 0.3) is 0 Å². The fourth-order valence-electron chi connectivity index (χ4n) is 2.19. The number of nitrogens with zero attached hydrogens (tertiary/aromatic N) is 2. The number of carbonyl (C=O) groups is 1. The monoisotopic (exact) mass is 295 g/mol. The number of halogens is 1. The average Bonchev–Trinajstić information content (AvgIpc) is 2.47. The second kappa shape index (κ2) is 7.50. The molecule has 4 nitrogen and oxygen atoms in total. The molecule has 0 aliphatic carbocycles. The van der Waals surface area contributed by atoms with Gasteiger partial charge in [-0.2, -0.15) is 0 Å². The minimum atomic E-state index is -0.241. The lowest BCUT2D eigenvalue weighted by atomic mass is 10.2. The third kappa shape index (κ3) is 4.39. The number of hydrogen-bond donors (Lipinski definition) is 0. The molecular formula is C15H20ClN2O2. The molecule has 5 heteroatoms. The quantitative estimate of drug-likeness (QED) is 0.856. The fourth-order valence-corrected chi connectivity index (χ4v) is 2.32. The van der Waals surface area contributed by atoms with E-state index < -0.39 is 0 Å². The largest absolute Gasteiger partial charge is 0.445 e. The van der Waals surface area contributed by atoms with Crippen LogP contribution in [0.1, 0.15) is 12.0 Å². The van der Waals surface area contributed by atoms with Gasteiger partial charge in [0.2, 0.25) is 0 Å². The van der Waals surface area contributed by atoms with E-state index in [9.17, 15) is 4.79 Å². The van der Waals surface area contributed by atoms with Crippen molar-refractivity contribution in [1.29, 1.82) is 0 Å². The molecule has 109 valence electrons. The summed E-state index contributed by atoms with van der Waals surface area (Å²) in [5.41, 5.74) is 0.943. The van der Waals surface area contributed by atoms with E-state index in [0.717, 1.165) is 44.7 Å². The number of benzene rings is 1. The van der Waals surface area contributed by atoms with E-state index in [1.165, 1.54) is 0 Å². The van der Waals surface area contributed by atoms with Crippen LogP contribution in [0.25, 0.3) is 0 Å². The maximum Gasteiger partial charge on any atom is 0.410 e. The molecule has 2 rings (SSSR count). The van der Waals surface area contributed by atoms with Crippen LogP contribution in [-0.4, -0.2) is 48.6 Å². The molecule has 0 aromatic heterocycles. The van der Waals surface area contributed by atoms with Gasteiger partial charge in [0.05, 0.1) is 0 Å². The van der Waals surface area contributed by atoms with E-state index in [-0.39, 0.29) is 12.7 Å². The van der Waals surface area contributed by atoms with E-state index in [1.807, 2.05) is 12.1 Å². The number of hydrogen-bond acceptors (Lipinski definition) is 3. The summed E-state index contributed by atoms with van der Waals surface area (Å²) in [6.45, 7) is 8.36. The number of ether oxygens (including phenoxy) is 1. The summed E-state index contributed by atoms with van der Waals surface area (Å²) in [7, 11) is 0. The second-order valence-electron chi connectivity index (χ2n) is 4.86. The normalized spacial score (nSPS) is 16.2. The Hall–Kier alpha value is -1.26. The maximum absolute atomic E-state index is 11.9. The molecule has 1 fully saturated rings. The molecule has 1 aromatic rings. The topological polar surface area (TPSA) is 32.8 Å². The first-order valence-corrected chi connectivity index (χ1v) is 7.24. The minimum absolute atomic E-state index is 0.241. The van der Waals surface area contributed by atoms with Crippen LogP contribution in [0.4, 0.5) is 4.79 Å². The van der Waals surface area contributed by atoms with Gasteiger partial charge in [-0.15, -0.1) is 0 Å². The molecule has 1 heterocycles. The molecular weight excluding hydrogens is 276 g/mol. The molecule has 1 radical (unpaired) electrons. The van der Waals surface area contributed by atoms with Gasteiger partial charge in [-0.1, -0.05) is 30.7 Å². The molecule has 1 aliphatic heterocycles. The van der Waals surface area contributed by atoms with E-state index in [0.29, 0.717) is 5.02 Å². The van der Waals surface area contributed by atoms with Gasteiger partial charge in [-0.3, -0.25) is 4.90 Å². The van der Waals surface area contributed by atoms with Gasteiger partial charge >= 0.3 is 6.09 Å². The molecule has 0 N–H and O–H groups in total. The summed E-state index contributed by atoms with van der Waals surface area (Å²) in [4.78, 5) is 16.0. The van der Waals surface area contributed by atoms with Crippen LogP contribution < -0.4 is 0 Å². The Morgan fingerprint density at radius 1 is 1.20 bits per heavy atom. The van der Waals surface area contributed by atoms with Crippen molar-refractivity contribution in [2.75, 3.05) is 32.7 Å². The summed E-state index contributed by atoms with van der Waals surface area (Å²) in [5, 5.41) is 0.682. The molecule has 0 bridgehead atoms. The fraction of sp³-hybridized carbons (Fsp3) is 0.467. The first-order valence-electron chi connectivity index (χ1n) is 6.87. The van der Waals surface area contributed by atoms with E-state index >= 15 is 0 Å². The predicted octanol–water partition coefficient (Wildman–Crippen LogP) is 2.82. The number of carbonyl (C=O) groups excluding carboxylic acids is 1. The summed E-state index contributed by atoms with van der Waals surface area (Å²) < 4.78 is 5.32. The summed E-state index contributed by atoms with van der Waals surface area (Å²) in [6, 6.07) is 7.31. The van der Waals surface area contributed by atoms with Crippen LogP contribution in [0, 0.1) is 6.92 Å². The SMILES string of the molecule is [CH2]CCN1CCN(C(=O)OCc2ccc(Cl)cc2)CC1. The zero-order valence-electron chi connectivity index (χ0n) is 11.6. The number of piperazine rings is 1. The van der Waals surface area contributed by atoms with Gasteiger partial charge in [0.1, 0.15) is 6.61 Å². The van der Waals surface area contributed by atoms with Crippen molar-refractivity contribution in [3.8, 4) is 0 Å². The van der Waals surface area contributed by atoms with Crippen molar-refractivity contribution in [1.82, 2.24) is 9.80 Å². The lowest BCUT2D eigenvalue weighted by Gasteiger charge is -2.33. The summed E-state index contributed by atoms with van der Waals surface area (Å²) >= 11 is 5.81. The van der Waals surface area contributed by atoms with Crippen LogP contribution in [0.2, 0.25) is 5.02 Å². The van der Waals surface area contributed by atoms with E-state index in [2.05, 4.69) is 11.8 Å². The van der Waals surface area contributed by atoms with Crippen molar-refractivity contribution in [2.45, 2.75) is 13.0 Å². The van der Waals surface area contributed by atoms with Gasteiger partial charge in [0.15, 0.2) is 0 Å². The lowest BCUT2D eigenvalue weighted by Crippen LogP contribution is -2.48. The zero-order valence-corrected chi connectivity index (χ0v) is 12.3. The molecule has 20 heavy (non-hydrogen) atoms. The average molecular weight is 296 g/mol. The Morgan fingerprint density at radius 3 is 2.45 bits per heavy atom. The molecule has 1 amide bonds. The van der Waals surface area contributed by atoms with Crippen molar-refractivity contribution < 1.29 is 9.53 Å². The van der Waals surface area contributed by atoms with Gasteiger partial charge in [-0.05, 0) is 30.7 Å². The highest BCUT2D eigenvalue weighted by atomic mass is 35.5. The highest BCUT2D eigenvalue weighted by molar-refractivity contribution is 6.30. The van der Waals surface area contributed by atoms with Gasteiger partial charge < -0.3 is 9.64 Å². The van der Waals surface area contributed by atoms with Crippen LogP contribution >= 0.6 is 11.6 Å². The van der Waals surface area contributed by atoms with Crippen LogP contribution in [0.15, 0.2) is 24.3 Å². The molecule has 1 saturated heterocycles. The van der Waals surface area contributed by atoms with Gasteiger partial charge in [-0.25, -0.2) is 4.79 Å². The predicted molar refractivity (Wildman–Crippen MR) is 79.6 cm³/mol. The minimum Gasteiger partial charge on any atom is -0.445 e. The molecule has 1 aromatic carbocycles. The highest BCUT2D eigenvalue weighted by Gasteiger charge is 2.21. The number of amides is 1. The van der Waals surface area contributed by atoms with Crippen LogP contribution in [0.5, 0.6) is 0 Å². The smallest absolute Gasteiger partial charge is 0.410 e. The van der Waals surface area contributed by atoms with E-state index in [4.69, 9.17) is 16.3 Å². The second-order valence-corrected chi connectivity index (χ2v) is 5.30. The Morgan fingerprint density at radius 2 is 1.85 bits per heavy atom. The molecule has 1 aliphatic rings. The standard InChI is InChI=1S/C15H20ClN2O2/c1-2-7-17-8-10-18(11-9-17)15(19)20-12-13-3-5-14(16)6-4-13/h3-6H,1-2,7-12H2. The van der Waals surface area contributed by atoms with Gasteiger partial charge in [0, 0.05) is 31.2 Å². The van der Waals surface area contributed by atoms with E-state index in [1.54, 1.807) is 17.0 Å². The van der Waals surface area contributed by atoms with Crippen LogP contribution in [-0.2, 0) is 11.3 Å². The zero-order chi connectivity index (χ0) is 14.4. The number of rotatable bonds is 4. The van der Waals surface area contributed by atoms with Crippen molar-refractivity contribution >= 4 is 17.7 Å². The highest BCUT2D eigenvalue weighted by Crippen LogP contribution is 2.11. The molecule has 0 saturated carbocycles. The Labute approximate surface area is 125 Å². The Bertz CT molecular complexity index is 428. The lowest BCUT2D eigenvalue weighted by molar-refractivity contribution is 0.0720. The summed E-state index contributed by atoms with van der Waals surface area (Å²) in [6.07, 6.45) is 0.662. The van der Waals surface area contributed by atoms with Crippen molar-refractivity contribution in [3.63, 3.8) is 0 Å². The molecule has 0 atom stereocenters. The maximum atomic E-state index is 11.9.